The largest absolute Gasteiger partial charge is 0.378 e. The average Bonchev–Trinajstić information content (AvgIpc) is 2.53. The molecule has 0 heterocycles. The van der Waals surface area contributed by atoms with E-state index < -0.39 is 15.9 Å². The highest BCUT2D eigenvalue weighted by atomic mass is 35.5. The summed E-state index contributed by atoms with van der Waals surface area (Å²) in [4.78, 5) is 25.0. The van der Waals surface area contributed by atoms with Gasteiger partial charge in [0, 0.05) is 37.1 Å². The number of carbonyl (C=O) groups is 1. The van der Waals surface area contributed by atoms with Gasteiger partial charge in [-0.1, -0.05) is 32.0 Å². The Labute approximate surface area is 154 Å². The van der Waals surface area contributed by atoms with Crippen molar-refractivity contribution in [3.63, 3.8) is 0 Å². The lowest BCUT2D eigenvalue weighted by molar-refractivity contribution is -0.385. The number of hydrogen-bond acceptors (Lipinski definition) is 5. The molecule has 1 saturated carbocycles. The summed E-state index contributed by atoms with van der Waals surface area (Å²) in [5, 5.41) is 11.1. The van der Waals surface area contributed by atoms with Gasteiger partial charge in [-0.15, -0.1) is 12.4 Å². The molecule has 7 nitrogen and oxygen atoms in total. The van der Waals surface area contributed by atoms with Crippen LogP contribution >= 0.6 is 12.4 Å². The molecule has 25 heavy (non-hydrogen) atoms. The maximum atomic E-state index is 12.9. The lowest BCUT2D eigenvalue weighted by Crippen LogP contribution is -2.75. The number of para-hydroxylation sites is 1. The lowest BCUT2D eigenvalue weighted by Gasteiger charge is -2.58. The van der Waals surface area contributed by atoms with E-state index in [9.17, 15) is 14.9 Å². The minimum absolute atomic E-state index is 0. The van der Waals surface area contributed by atoms with E-state index in [4.69, 9.17) is 10.5 Å². The Bertz CT molecular complexity index is 653. The Morgan fingerprint density at radius 3 is 2.56 bits per heavy atom. The summed E-state index contributed by atoms with van der Waals surface area (Å²) in [6.07, 6.45) is 0.393. The zero-order valence-corrected chi connectivity index (χ0v) is 15.8. The van der Waals surface area contributed by atoms with Gasteiger partial charge in [-0.3, -0.25) is 14.9 Å². The monoisotopic (exact) mass is 371 g/mol. The van der Waals surface area contributed by atoms with E-state index in [1.165, 1.54) is 11.0 Å². The molecule has 140 valence electrons. The molecular formula is C17H26ClN3O4. The fourth-order valence-electron chi connectivity index (χ4n) is 3.29. The fourth-order valence-corrected chi connectivity index (χ4v) is 3.29. The predicted octanol–water partition coefficient (Wildman–Crippen LogP) is 2.51. The van der Waals surface area contributed by atoms with Gasteiger partial charge in [0.15, 0.2) is 0 Å². The van der Waals surface area contributed by atoms with Crippen molar-refractivity contribution in [3.05, 3.63) is 39.9 Å². The quantitative estimate of drug-likeness (QED) is 0.611. The first-order valence-corrected chi connectivity index (χ1v) is 8.03. The van der Waals surface area contributed by atoms with Crippen molar-refractivity contribution in [1.29, 1.82) is 0 Å². The zero-order chi connectivity index (χ0) is 18.1. The molecule has 1 aliphatic rings. The molecule has 1 fully saturated rings. The SMILES string of the molecule is CCOC1CC(N)(C(=O)N(C)Cc2ccccc2[N+](=O)[O-])C1(C)C.Cl. The van der Waals surface area contributed by atoms with Crippen LogP contribution in [0.1, 0.15) is 32.8 Å². The summed E-state index contributed by atoms with van der Waals surface area (Å²) in [5.41, 5.74) is 5.37. The summed E-state index contributed by atoms with van der Waals surface area (Å²) < 4.78 is 5.65. The Balaban J connectivity index is 0.00000312. The predicted molar refractivity (Wildman–Crippen MR) is 97.5 cm³/mol. The van der Waals surface area contributed by atoms with E-state index in [0.717, 1.165) is 0 Å². The van der Waals surface area contributed by atoms with Crippen LogP contribution in [0, 0.1) is 15.5 Å². The van der Waals surface area contributed by atoms with Crippen LogP contribution in [0.3, 0.4) is 0 Å². The van der Waals surface area contributed by atoms with Crippen molar-refractivity contribution in [2.24, 2.45) is 11.1 Å². The van der Waals surface area contributed by atoms with Crippen molar-refractivity contribution in [1.82, 2.24) is 4.90 Å². The molecule has 1 aromatic carbocycles. The highest BCUT2D eigenvalue weighted by Crippen LogP contribution is 2.50. The first-order valence-electron chi connectivity index (χ1n) is 8.03. The zero-order valence-electron chi connectivity index (χ0n) is 15.0. The molecule has 0 radical (unpaired) electrons. The molecule has 1 amide bonds. The molecule has 0 aliphatic heterocycles. The number of hydrogen-bond donors (Lipinski definition) is 1. The van der Waals surface area contributed by atoms with Crippen LogP contribution < -0.4 is 5.73 Å². The van der Waals surface area contributed by atoms with Crippen LogP contribution in [0.2, 0.25) is 0 Å². The standard InChI is InChI=1S/C17H25N3O4.ClH/c1-5-24-14-10-17(18,16(14,2)3)15(21)19(4)11-12-8-6-7-9-13(12)20(22)23;/h6-9,14H,5,10-11,18H2,1-4H3;1H. The second-order valence-electron chi connectivity index (χ2n) is 6.89. The van der Waals surface area contributed by atoms with Gasteiger partial charge in [0.25, 0.3) is 5.69 Å². The molecule has 0 spiro atoms. The van der Waals surface area contributed by atoms with Gasteiger partial charge in [0.2, 0.25) is 5.91 Å². The van der Waals surface area contributed by atoms with Crippen molar-refractivity contribution in [2.75, 3.05) is 13.7 Å². The third-order valence-corrected chi connectivity index (χ3v) is 5.15. The smallest absolute Gasteiger partial charge is 0.274 e. The molecule has 2 rings (SSSR count). The van der Waals surface area contributed by atoms with Crippen LogP contribution in [0.5, 0.6) is 0 Å². The maximum Gasteiger partial charge on any atom is 0.274 e. The first kappa shape index (κ1) is 21.3. The van der Waals surface area contributed by atoms with E-state index in [0.29, 0.717) is 18.6 Å². The highest BCUT2D eigenvalue weighted by molar-refractivity contribution is 5.88. The molecule has 0 bridgehead atoms. The third-order valence-electron chi connectivity index (χ3n) is 5.15. The number of likely N-dealkylation sites (N-methyl/N-ethyl adjacent to an activating group) is 1. The number of benzene rings is 1. The number of carbonyl (C=O) groups excluding carboxylic acids is 1. The van der Waals surface area contributed by atoms with E-state index >= 15 is 0 Å². The number of rotatable bonds is 6. The van der Waals surface area contributed by atoms with Gasteiger partial charge in [-0.25, -0.2) is 0 Å². The number of halogens is 1. The molecule has 2 unspecified atom stereocenters. The van der Waals surface area contributed by atoms with Gasteiger partial charge in [-0.05, 0) is 6.92 Å². The number of nitro groups is 1. The minimum Gasteiger partial charge on any atom is -0.378 e. The number of nitrogens with two attached hydrogens (primary N) is 1. The van der Waals surface area contributed by atoms with E-state index in [1.54, 1.807) is 25.2 Å². The van der Waals surface area contributed by atoms with Crippen molar-refractivity contribution in [3.8, 4) is 0 Å². The number of amides is 1. The number of nitro benzene ring substituents is 1. The number of ether oxygens (including phenoxy) is 1. The Morgan fingerprint density at radius 2 is 2.04 bits per heavy atom. The van der Waals surface area contributed by atoms with Gasteiger partial charge in [0.1, 0.15) is 5.54 Å². The molecule has 2 atom stereocenters. The molecule has 0 saturated heterocycles. The Kier molecular flexibility index (Phi) is 6.55. The summed E-state index contributed by atoms with van der Waals surface area (Å²) >= 11 is 0. The fraction of sp³-hybridized carbons (Fsp3) is 0.588. The Hall–Kier alpha value is -1.70. The van der Waals surface area contributed by atoms with Crippen molar-refractivity contribution >= 4 is 24.0 Å². The van der Waals surface area contributed by atoms with Gasteiger partial charge < -0.3 is 15.4 Å². The summed E-state index contributed by atoms with van der Waals surface area (Å²) in [6, 6.07) is 6.41. The summed E-state index contributed by atoms with van der Waals surface area (Å²) in [7, 11) is 1.62. The highest BCUT2D eigenvalue weighted by Gasteiger charge is 2.63. The molecular weight excluding hydrogens is 346 g/mol. The molecule has 0 aromatic heterocycles. The minimum atomic E-state index is -1.02. The second-order valence-corrected chi connectivity index (χ2v) is 6.89. The summed E-state index contributed by atoms with van der Waals surface area (Å²) in [5.74, 6) is -0.221. The third kappa shape index (κ3) is 3.63. The molecule has 2 N–H and O–H groups in total. The topological polar surface area (TPSA) is 98.7 Å². The summed E-state index contributed by atoms with van der Waals surface area (Å²) in [6.45, 7) is 6.48. The lowest BCUT2D eigenvalue weighted by atomic mass is 9.54. The first-order chi connectivity index (χ1) is 11.1. The van der Waals surface area contributed by atoms with E-state index in [-0.39, 0.29) is 36.7 Å². The van der Waals surface area contributed by atoms with Gasteiger partial charge in [0.05, 0.1) is 17.6 Å². The van der Waals surface area contributed by atoms with Crippen LogP contribution in [-0.4, -0.2) is 41.0 Å². The van der Waals surface area contributed by atoms with Crippen molar-refractivity contribution < 1.29 is 14.5 Å². The van der Waals surface area contributed by atoms with Crippen LogP contribution in [0.4, 0.5) is 5.69 Å². The molecule has 1 aliphatic carbocycles. The van der Waals surface area contributed by atoms with E-state index in [2.05, 4.69) is 0 Å². The van der Waals surface area contributed by atoms with E-state index in [1.807, 2.05) is 20.8 Å². The Morgan fingerprint density at radius 1 is 1.44 bits per heavy atom. The van der Waals surface area contributed by atoms with Crippen molar-refractivity contribution in [2.45, 2.75) is 45.4 Å². The number of nitrogens with zero attached hydrogens (tertiary/aromatic N) is 2. The molecule has 8 heteroatoms. The second kappa shape index (κ2) is 7.68. The van der Waals surface area contributed by atoms with Crippen LogP contribution in [-0.2, 0) is 16.1 Å². The molecule has 1 aromatic rings. The van der Waals surface area contributed by atoms with Crippen LogP contribution in [0.15, 0.2) is 24.3 Å². The normalized spacial score (nSPS) is 24.0. The van der Waals surface area contributed by atoms with Gasteiger partial charge >= 0.3 is 0 Å². The average molecular weight is 372 g/mol. The van der Waals surface area contributed by atoms with Gasteiger partial charge in [-0.2, -0.15) is 0 Å². The maximum absolute atomic E-state index is 12.9. The van der Waals surface area contributed by atoms with Crippen LogP contribution in [0.25, 0.3) is 0 Å².